The van der Waals surface area contributed by atoms with Gasteiger partial charge in [0, 0.05) is 22.7 Å². The number of nitrogens with one attached hydrogen (secondary N) is 2. The van der Waals surface area contributed by atoms with Crippen LogP contribution in [0.25, 0.3) is 17.0 Å². The SMILES string of the molecule is Cc1ccccc1N1C(=O)/C(=C/c2c[nH]c3ccccc23)C(=O)NC1=S. The summed E-state index contributed by atoms with van der Waals surface area (Å²) in [7, 11) is 0. The number of para-hydroxylation sites is 2. The summed E-state index contributed by atoms with van der Waals surface area (Å²) >= 11 is 5.24. The molecule has 0 radical (unpaired) electrons. The molecule has 1 aromatic heterocycles. The largest absolute Gasteiger partial charge is 0.361 e. The summed E-state index contributed by atoms with van der Waals surface area (Å²) in [6.07, 6.45) is 3.38. The fourth-order valence-electron chi connectivity index (χ4n) is 3.06. The van der Waals surface area contributed by atoms with Crippen molar-refractivity contribution in [1.82, 2.24) is 10.3 Å². The second kappa shape index (κ2) is 6.24. The van der Waals surface area contributed by atoms with E-state index in [2.05, 4.69) is 10.3 Å². The van der Waals surface area contributed by atoms with Gasteiger partial charge in [-0.1, -0.05) is 36.4 Å². The minimum atomic E-state index is -0.491. The van der Waals surface area contributed by atoms with E-state index in [-0.39, 0.29) is 10.7 Å². The number of H-pyrrole nitrogens is 1. The third-order valence-corrected chi connectivity index (χ3v) is 4.66. The van der Waals surface area contributed by atoms with Crippen molar-refractivity contribution < 1.29 is 9.59 Å². The fourth-order valence-corrected chi connectivity index (χ4v) is 3.33. The van der Waals surface area contributed by atoms with Gasteiger partial charge in [-0.25, -0.2) is 0 Å². The number of anilines is 1. The highest BCUT2D eigenvalue weighted by molar-refractivity contribution is 7.80. The summed E-state index contributed by atoms with van der Waals surface area (Å²) in [6, 6.07) is 15.1. The Morgan fingerprint density at radius 3 is 2.58 bits per heavy atom. The van der Waals surface area contributed by atoms with Gasteiger partial charge in [-0.2, -0.15) is 0 Å². The van der Waals surface area contributed by atoms with Crippen LogP contribution in [0.15, 0.2) is 60.3 Å². The molecular weight excluding hydrogens is 346 g/mol. The van der Waals surface area contributed by atoms with Crippen LogP contribution in [0.3, 0.4) is 0 Å². The second-order valence-electron chi connectivity index (χ2n) is 6.03. The topological polar surface area (TPSA) is 65.2 Å². The number of carbonyl (C=O) groups is 2. The zero-order valence-electron chi connectivity index (χ0n) is 13.9. The van der Waals surface area contributed by atoms with Crippen molar-refractivity contribution >= 4 is 51.8 Å². The Morgan fingerprint density at radius 1 is 1.04 bits per heavy atom. The lowest BCUT2D eigenvalue weighted by Crippen LogP contribution is -2.54. The van der Waals surface area contributed by atoms with E-state index in [0.717, 1.165) is 22.0 Å². The third kappa shape index (κ3) is 2.60. The van der Waals surface area contributed by atoms with E-state index in [1.165, 1.54) is 4.90 Å². The Labute approximate surface area is 155 Å². The Kier molecular flexibility index (Phi) is 3.89. The van der Waals surface area contributed by atoms with Crippen LogP contribution in [-0.2, 0) is 9.59 Å². The summed E-state index contributed by atoms with van der Waals surface area (Å²) in [5.41, 5.74) is 3.32. The molecule has 0 saturated carbocycles. The van der Waals surface area contributed by atoms with Gasteiger partial charge in [0.15, 0.2) is 5.11 Å². The average molecular weight is 361 g/mol. The smallest absolute Gasteiger partial charge is 0.270 e. The Bertz CT molecular complexity index is 1100. The summed E-state index contributed by atoms with van der Waals surface area (Å²) in [5, 5.41) is 3.64. The first kappa shape index (κ1) is 16.2. The van der Waals surface area contributed by atoms with Gasteiger partial charge < -0.3 is 4.98 Å². The van der Waals surface area contributed by atoms with E-state index >= 15 is 0 Å². The van der Waals surface area contributed by atoms with Crippen molar-refractivity contribution in [2.45, 2.75) is 6.92 Å². The number of carbonyl (C=O) groups excluding carboxylic acids is 2. The van der Waals surface area contributed by atoms with Gasteiger partial charge in [0.05, 0.1) is 5.69 Å². The van der Waals surface area contributed by atoms with Crippen LogP contribution in [0.2, 0.25) is 0 Å². The molecule has 1 aliphatic heterocycles. The maximum Gasteiger partial charge on any atom is 0.270 e. The number of benzene rings is 2. The highest BCUT2D eigenvalue weighted by atomic mass is 32.1. The third-order valence-electron chi connectivity index (χ3n) is 4.38. The number of thiocarbonyl (C=S) groups is 1. The summed E-state index contributed by atoms with van der Waals surface area (Å²) in [5.74, 6) is -0.923. The van der Waals surface area contributed by atoms with E-state index in [0.29, 0.717) is 5.69 Å². The van der Waals surface area contributed by atoms with Crippen LogP contribution in [0, 0.1) is 6.92 Å². The maximum absolute atomic E-state index is 13.1. The van der Waals surface area contributed by atoms with Gasteiger partial charge in [-0.05, 0) is 42.9 Å². The Hall–Kier alpha value is -3.25. The van der Waals surface area contributed by atoms with Gasteiger partial charge in [0.2, 0.25) is 0 Å². The van der Waals surface area contributed by atoms with Crippen LogP contribution in [0.4, 0.5) is 5.69 Å². The zero-order chi connectivity index (χ0) is 18.3. The number of rotatable bonds is 2. The predicted molar refractivity (Wildman–Crippen MR) is 106 cm³/mol. The second-order valence-corrected chi connectivity index (χ2v) is 6.42. The summed E-state index contributed by atoms with van der Waals surface area (Å²) in [4.78, 5) is 30.0. The van der Waals surface area contributed by atoms with Gasteiger partial charge in [-0.3, -0.25) is 19.8 Å². The molecule has 1 fully saturated rings. The van der Waals surface area contributed by atoms with Gasteiger partial charge >= 0.3 is 0 Å². The van der Waals surface area contributed by atoms with Crippen LogP contribution in [0.5, 0.6) is 0 Å². The molecule has 0 spiro atoms. The molecule has 0 aliphatic carbocycles. The quantitative estimate of drug-likeness (QED) is 0.418. The first-order valence-electron chi connectivity index (χ1n) is 8.09. The molecule has 4 rings (SSSR count). The van der Waals surface area contributed by atoms with Crippen LogP contribution >= 0.6 is 12.2 Å². The first-order chi connectivity index (χ1) is 12.6. The molecule has 1 aliphatic rings. The lowest BCUT2D eigenvalue weighted by Gasteiger charge is -2.29. The molecule has 2 amide bonds. The first-order valence-corrected chi connectivity index (χ1v) is 8.50. The van der Waals surface area contributed by atoms with Crippen molar-refractivity contribution in [2.75, 3.05) is 4.90 Å². The normalized spacial score (nSPS) is 16.4. The van der Waals surface area contributed by atoms with Gasteiger partial charge in [0.1, 0.15) is 5.57 Å². The Balaban J connectivity index is 1.81. The molecule has 1 saturated heterocycles. The van der Waals surface area contributed by atoms with Crippen molar-refractivity contribution in [3.63, 3.8) is 0 Å². The predicted octanol–water partition coefficient (Wildman–Crippen LogP) is 3.31. The van der Waals surface area contributed by atoms with E-state index in [1.54, 1.807) is 18.3 Å². The molecule has 26 heavy (non-hydrogen) atoms. The van der Waals surface area contributed by atoms with E-state index < -0.39 is 11.8 Å². The molecule has 0 bridgehead atoms. The molecule has 2 N–H and O–H groups in total. The Morgan fingerprint density at radius 2 is 1.77 bits per heavy atom. The summed E-state index contributed by atoms with van der Waals surface area (Å²) < 4.78 is 0. The monoisotopic (exact) mass is 361 g/mol. The number of hydrogen-bond donors (Lipinski definition) is 2. The molecule has 2 heterocycles. The molecule has 0 unspecified atom stereocenters. The van der Waals surface area contributed by atoms with Crippen molar-refractivity contribution in [2.24, 2.45) is 0 Å². The van der Waals surface area contributed by atoms with Crippen molar-refractivity contribution in [3.8, 4) is 0 Å². The molecule has 2 aromatic carbocycles. The lowest BCUT2D eigenvalue weighted by molar-refractivity contribution is -0.122. The molecule has 6 heteroatoms. The van der Waals surface area contributed by atoms with E-state index in [9.17, 15) is 9.59 Å². The van der Waals surface area contributed by atoms with Gasteiger partial charge in [-0.15, -0.1) is 0 Å². The maximum atomic E-state index is 13.1. The van der Waals surface area contributed by atoms with Crippen LogP contribution < -0.4 is 10.2 Å². The number of aryl methyl sites for hydroxylation is 1. The van der Waals surface area contributed by atoms with E-state index in [4.69, 9.17) is 12.2 Å². The van der Waals surface area contributed by atoms with Crippen LogP contribution in [0.1, 0.15) is 11.1 Å². The molecule has 3 aromatic rings. The molecular formula is C20H15N3O2S. The highest BCUT2D eigenvalue weighted by Crippen LogP contribution is 2.26. The zero-order valence-corrected chi connectivity index (χ0v) is 14.8. The molecule has 5 nitrogen and oxygen atoms in total. The fraction of sp³-hybridized carbons (Fsp3) is 0.0500. The lowest BCUT2D eigenvalue weighted by atomic mass is 10.1. The highest BCUT2D eigenvalue weighted by Gasteiger charge is 2.35. The van der Waals surface area contributed by atoms with Crippen molar-refractivity contribution in [3.05, 3.63) is 71.4 Å². The number of hydrogen-bond acceptors (Lipinski definition) is 3. The summed E-state index contributed by atoms with van der Waals surface area (Å²) in [6.45, 7) is 1.89. The average Bonchev–Trinajstić information content (AvgIpc) is 3.03. The number of nitrogens with zero attached hydrogens (tertiary/aromatic N) is 1. The minimum absolute atomic E-state index is 0.0478. The standard InChI is InChI=1S/C20H15N3O2S/c1-12-6-2-5-9-17(12)23-19(25)15(18(24)22-20(23)26)10-13-11-21-16-8-4-3-7-14(13)16/h2-11,21H,1H3,(H,22,24,26)/b15-10+. The number of amides is 2. The number of aromatic amines is 1. The minimum Gasteiger partial charge on any atom is -0.361 e. The number of aromatic nitrogens is 1. The van der Waals surface area contributed by atoms with E-state index in [1.807, 2.05) is 49.4 Å². The molecule has 128 valence electrons. The number of fused-ring (bicyclic) bond motifs is 1. The molecule has 0 atom stereocenters. The van der Waals surface area contributed by atoms with Crippen molar-refractivity contribution in [1.29, 1.82) is 0 Å². The van der Waals surface area contributed by atoms with Crippen LogP contribution in [-0.4, -0.2) is 21.9 Å². The van der Waals surface area contributed by atoms with Gasteiger partial charge in [0.25, 0.3) is 11.8 Å².